The number of nitrogens with zero attached hydrogens (tertiary/aromatic N) is 5. The van der Waals surface area contributed by atoms with Crippen LogP contribution in [0.15, 0.2) is 99.6 Å². The van der Waals surface area contributed by atoms with Crippen molar-refractivity contribution in [3.05, 3.63) is 106 Å². The van der Waals surface area contributed by atoms with E-state index in [2.05, 4.69) is 14.8 Å². The van der Waals surface area contributed by atoms with Crippen LogP contribution in [-0.2, 0) is 5.75 Å². The molecule has 0 saturated carbocycles. The Labute approximate surface area is 207 Å². The Morgan fingerprint density at radius 2 is 1.68 bits per heavy atom. The van der Waals surface area contributed by atoms with Crippen LogP contribution in [0.3, 0.4) is 0 Å². The van der Waals surface area contributed by atoms with Gasteiger partial charge in [-0.3, -0.25) is 13.8 Å². The summed E-state index contributed by atoms with van der Waals surface area (Å²) >= 11 is 4.62. The lowest BCUT2D eigenvalue weighted by atomic mass is 10.2. The molecule has 4 heterocycles. The lowest BCUT2D eigenvalue weighted by Gasteiger charge is -2.09. The van der Waals surface area contributed by atoms with E-state index in [1.807, 2.05) is 83.6 Å². The Bertz CT molecular complexity index is 1620. The van der Waals surface area contributed by atoms with Gasteiger partial charge in [0.05, 0.1) is 16.3 Å². The van der Waals surface area contributed by atoms with Gasteiger partial charge in [-0.25, -0.2) is 4.98 Å². The van der Waals surface area contributed by atoms with Gasteiger partial charge in [0.2, 0.25) is 0 Å². The fourth-order valence-corrected chi connectivity index (χ4v) is 6.19. The van der Waals surface area contributed by atoms with Crippen LogP contribution in [0, 0.1) is 0 Å². The number of aromatic nitrogens is 5. The van der Waals surface area contributed by atoms with Crippen LogP contribution < -0.4 is 5.56 Å². The van der Waals surface area contributed by atoms with Crippen LogP contribution in [0.1, 0.15) is 5.69 Å². The minimum atomic E-state index is -0.0792. The number of thiophene rings is 1. The summed E-state index contributed by atoms with van der Waals surface area (Å²) in [5, 5.41) is 13.7. The van der Waals surface area contributed by atoms with E-state index in [0.29, 0.717) is 10.7 Å². The lowest BCUT2D eigenvalue weighted by Crippen LogP contribution is -2.14. The maximum Gasteiger partial charge on any atom is 0.259 e. The van der Waals surface area contributed by atoms with Crippen LogP contribution >= 0.6 is 34.4 Å². The summed E-state index contributed by atoms with van der Waals surface area (Å²) in [6, 6.07) is 25.6. The van der Waals surface area contributed by atoms with E-state index in [1.54, 1.807) is 21.8 Å². The number of benzene rings is 2. The zero-order valence-corrected chi connectivity index (χ0v) is 20.2. The first-order valence-electron chi connectivity index (χ1n) is 10.5. The molecule has 0 bridgehead atoms. The molecule has 6 rings (SSSR count). The van der Waals surface area contributed by atoms with Crippen LogP contribution in [0.2, 0.25) is 0 Å². The van der Waals surface area contributed by atoms with Gasteiger partial charge in [0.15, 0.2) is 15.9 Å². The molecule has 2 aromatic carbocycles. The molecule has 34 heavy (non-hydrogen) atoms. The summed E-state index contributed by atoms with van der Waals surface area (Å²) < 4.78 is 3.73. The Hall–Kier alpha value is -3.53. The van der Waals surface area contributed by atoms with Crippen molar-refractivity contribution in [2.45, 2.75) is 10.9 Å². The highest BCUT2D eigenvalue weighted by Crippen LogP contribution is 2.32. The number of thiazole rings is 1. The molecule has 0 aliphatic carbocycles. The Balaban J connectivity index is 1.34. The Morgan fingerprint density at radius 3 is 2.44 bits per heavy atom. The molecular weight excluding hydrogens is 483 g/mol. The summed E-state index contributed by atoms with van der Waals surface area (Å²) in [5.74, 6) is 1.32. The maximum absolute atomic E-state index is 13.0. The van der Waals surface area contributed by atoms with E-state index >= 15 is 0 Å². The third-order valence-corrected chi connectivity index (χ3v) is 7.92. The van der Waals surface area contributed by atoms with Gasteiger partial charge < -0.3 is 0 Å². The molecule has 9 heteroatoms. The molecule has 4 aromatic heterocycles. The Kier molecular flexibility index (Phi) is 5.58. The first-order chi connectivity index (χ1) is 16.8. The van der Waals surface area contributed by atoms with Crippen molar-refractivity contribution in [2.75, 3.05) is 0 Å². The molecule has 0 spiro atoms. The number of hydrogen-bond donors (Lipinski definition) is 0. The number of hydrogen-bond acceptors (Lipinski definition) is 7. The summed E-state index contributed by atoms with van der Waals surface area (Å²) in [5.41, 5.74) is 3.49. The second-order valence-corrected chi connectivity index (χ2v) is 10.2. The van der Waals surface area contributed by atoms with Gasteiger partial charge in [-0.1, -0.05) is 66.4 Å². The first-order valence-corrected chi connectivity index (χ1v) is 13.3. The van der Waals surface area contributed by atoms with Gasteiger partial charge in [-0.2, -0.15) is 0 Å². The normalized spacial score (nSPS) is 11.3. The molecule has 0 radical (unpaired) electrons. The minimum absolute atomic E-state index is 0.0792. The molecule has 166 valence electrons. The van der Waals surface area contributed by atoms with Gasteiger partial charge in [0.1, 0.15) is 0 Å². The van der Waals surface area contributed by atoms with Crippen molar-refractivity contribution in [2.24, 2.45) is 0 Å². The predicted octanol–water partition coefficient (Wildman–Crippen LogP) is 6.02. The third kappa shape index (κ3) is 3.87. The van der Waals surface area contributed by atoms with E-state index in [9.17, 15) is 4.79 Å². The molecule has 0 atom stereocenters. The molecule has 6 aromatic rings. The highest BCUT2D eigenvalue weighted by Gasteiger charge is 2.18. The van der Waals surface area contributed by atoms with Crippen molar-refractivity contribution < 1.29 is 0 Å². The van der Waals surface area contributed by atoms with Crippen molar-refractivity contribution in [3.8, 4) is 27.6 Å². The van der Waals surface area contributed by atoms with Crippen LogP contribution in [0.5, 0.6) is 0 Å². The van der Waals surface area contributed by atoms with Crippen LogP contribution in [0.4, 0.5) is 0 Å². The average Bonchev–Trinajstić information content (AvgIpc) is 3.63. The monoisotopic (exact) mass is 499 g/mol. The average molecular weight is 500 g/mol. The van der Waals surface area contributed by atoms with E-state index in [0.717, 1.165) is 38.5 Å². The zero-order valence-electron chi connectivity index (χ0n) is 17.7. The summed E-state index contributed by atoms with van der Waals surface area (Å²) in [7, 11) is 0. The number of thioether (sulfide) groups is 1. The molecule has 0 saturated heterocycles. The second-order valence-electron chi connectivity index (χ2n) is 7.43. The summed E-state index contributed by atoms with van der Waals surface area (Å²) in [6.07, 6.45) is 0. The van der Waals surface area contributed by atoms with E-state index < -0.39 is 0 Å². The largest absolute Gasteiger partial charge is 0.269 e. The second kappa shape index (κ2) is 9.02. The number of rotatable bonds is 6. The van der Waals surface area contributed by atoms with Gasteiger partial charge in [0.25, 0.3) is 5.56 Å². The smallest absolute Gasteiger partial charge is 0.259 e. The van der Waals surface area contributed by atoms with Crippen molar-refractivity contribution in [1.82, 2.24) is 24.1 Å². The molecule has 0 unspecified atom stereocenters. The number of para-hydroxylation sites is 1. The first kappa shape index (κ1) is 21.0. The highest BCUT2D eigenvalue weighted by molar-refractivity contribution is 7.98. The minimum Gasteiger partial charge on any atom is -0.269 e. The topological polar surface area (TPSA) is 65.1 Å². The molecule has 0 amide bonds. The van der Waals surface area contributed by atoms with E-state index in [1.165, 1.54) is 23.1 Å². The number of fused-ring (bicyclic) bond motifs is 1. The van der Waals surface area contributed by atoms with Gasteiger partial charge in [-0.05, 0) is 29.1 Å². The van der Waals surface area contributed by atoms with E-state index in [4.69, 9.17) is 4.98 Å². The van der Waals surface area contributed by atoms with Crippen molar-refractivity contribution >= 4 is 39.4 Å². The van der Waals surface area contributed by atoms with Crippen molar-refractivity contribution in [1.29, 1.82) is 0 Å². The Morgan fingerprint density at radius 1 is 0.882 bits per heavy atom. The molecule has 0 aliphatic heterocycles. The quantitative estimate of drug-likeness (QED) is 0.262. The van der Waals surface area contributed by atoms with Gasteiger partial charge >= 0.3 is 0 Å². The fraction of sp³-hybridized carbons (Fsp3) is 0.0400. The predicted molar refractivity (Wildman–Crippen MR) is 139 cm³/mol. The SMILES string of the molecule is O=c1cc(CSc2nnc(-c3cccs3)n2-c2ccccc2)nc2scc(-c3ccccc3)n12. The summed E-state index contributed by atoms with van der Waals surface area (Å²) in [6.45, 7) is 0. The maximum atomic E-state index is 13.0. The zero-order chi connectivity index (χ0) is 22.9. The molecule has 0 N–H and O–H groups in total. The van der Waals surface area contributed by atoms with Gasteiger partial charge in [0, 0.05) is 22.9 Å². The van der Waals surface area contributed by atoms with Crippen molar-refractivity contribution in [3.63, 3.8) is 0 Å². The molecular formula is C25H17N5OS3. The van der Waals surface area contributed by atoms with Crippen LogP contribution in [0.25, 0.3) is 32.6 Å². The van der Waals surface area contributed by atoms with Gasteiger partial charge in [-0.15, -0.1) is 32.9 Å². The fourth-order valence-electron chi connectivity index (χ4n) is 3.73. The summed E-state index contributed by atoms with van der Waals surface area (Å²) in [4.78, 5) is 19.5. The molecule has 0 fully saturated rings. The lowest BCUT2D eigenvalue weighted by molar-refractivity contribution is 0.885. The third-order valence-electron chi connectivity index (χ3n) is 5.27. The molecule has 6 nitrogen and oxygen atoms in total. The van der Waals surface area contributed by atoms with Crippen LogP contribution in [-0.4, -0.2) is 24.1 Å². The van der Waals surface area contributed by atoms with E-state index in [-0.39, 0.29) is 5.56 Å². The highest BCUT2D eigenvalue weighted by atomic mass is 32.2. The standard InChI is InChI=1S/C25H17N5OS3/c31-22-14-18(26-24-30(22)20(16-34-24)17-8-3-1-4-9-17)15-33-25-28-27-23(21-12-7-13-32-21)29(25)19-10-5-2-6-11-19/h1-14,16H,15H2. The molecule has 0 aliphatic rings.